The molecule has 0 aliphatic carbocycles. The summed E-state index contributed by atoms with van der Waals surface area (Å²) in [5, 5.41) is 10.8. The minimum Gasteiger partial charge on any atom is -0.327 e. The molecular weight excluding hydrogens is 270 g/mol. The Balaban J connectivity index is 2.99. The van der Waals surface area contributed by atoms with E-state index in [4.69, 9.17) is 5.73 Å². The number of nitrogens with zero attached hydrogens (tertiary/aromatic N) is 1. The number of nitrogens with one attached hydrogen (secondary N) is 1. The minimum absolute atomic E-state index is 0.0845. The first kappa shape index (κ1) is 15.3. The van der Waals surface area contributed by atoms with E-state index in [9.17, 15) is 18.5 Å². The van der Waals surface area contributed by atoms with Gasteiger partial charge in [-0.2, -0.15) is 0 Å². The first-order chi connectivity index (χ1) is 8.88. The van der Waals surface area contributed by atoms with Gasteiger partial charge in [-0.1, -0.05) is 18.2 Å². The van der Waals surface area contributed by atoms with Gasteiger partial charge in [0.1, 0.15) is 0 Å². The van der Waals surface area contributed by atoms with E-state index in [1.807, 2.05) is 0 Å². The average Bonchev–Trinajstić information content (AvgIpc) is 2.34. The van der Waals surface area contributed by atoms with Gasteiger partial charge in [0, 0.05) is 24.7 Å². The molecule has 1 aromatic rings. The van der Waals surface area contributed by atoms with E-state index >= 15 is 0 Å². The lowest BCUT2D eigenvalue weighted by Crippen LogP contribution is -2.24. The van der Waals surface area contributed by atoms with E-state index in [1.54, 1.807) is 19.1 Å². The molecule has 0 heterocycles. The number of hydrogen-bond donors (Lipinski definition) is 2. The first-order valence-electron chi connectivity index (χ1n) is 5.48. The van der Waals surface area contributed by atoms with Crippen LogP contribution in [0.3, 0.4) is 0 Å². The molecule has 104 valence electrons. The molecular formula is C11H15N3O4S. The molecule has 1 aromatic carbocycles. The summed E-state index contributed by atoms with van der Waals surface area (Å²) in [7, 11) is -3.76. The van der Waals surface area contributed by atoms with Gasteiger partial charge >= 0.3 is 0 Å². The quantitative estimate of drug-likeness (QED) is 0.453. The van der Waals surface area contributed by atoms with Crippen LogP contribution in [0.25, 0.3) is 0 Å². The Morgan fingerprint density at radius 2 is 2.11 bits per heavy atom. The largest absolute Gasteiger partial charge is 0.327 e. The van der Waals surface area contributed by atoms with Crippen LogP contribution < -0.4 is 10.5 Å². The molecule has 8 heteroatoms. The second kappa shape index (κ2) is 6.41. The third-order valence-electron chi connectivity index (χ3n) is 2.38. The predicted octanol–water partition coefficient (Wildman–Crippen LogP) is 0.696. The smallest absolute Gasteiger partial charge is 0.273 e. The average molecular weight is 285 g/mol. The van der Waals surface area contributed by atoms with Crippen molar-refractivity contribution in [3.05, 3.63) is 46.0 Å². The van der Waals surface area contributed by atoms with Crippen molar-refractivity contribution in [2.75, 3.05) is 13.1 Å². The maximum Gasteiger partial charge on any atom is 0.273 e. The molecule has 0 atom stereocenters. The molecule has 0 aliphatic rings. The summed E-state index contributed by atoms with van der Waals surface area (Å²) >= 11 is 0. The lowest BCUT2D eigenvalue weighted by molar-refractivity contribution is -0.385. The second-order valence-corrected chi connectivity index (χ2v) is 5.53. The van der Waals surface area contributed by atoms with Gasteiger partial charge in [-0.15, -0.1) is 0 Å². The fourth-order valence-electron chi connectivity index (χ4n) is 1.37. The Labute approximate surface area is 111 Å². The van der Waals surface area contributed by atoms with Crippen LogP contribution in [0.4, 0.5) is 5.69 Å². The molecule has 7 nitrogen and oxygen atoms in total. The second-order valence-electron chi connectivity index (χ2n) is 3.76. The number of nitrogens with two attached hydrogens (primary N) is 1. The Bertz CT molecular complexity index is 596. The molecule has 0 aliphatic heterocycles. The standard InChI is InChI=1S/C11H15N3O4S/c1-9-4-5-10(8-11(9)14(15)16)19(17,18)13-7-3-2-6-12/h2-5,8,13H,6-7,12H2,1H3/b3-2+. The summed E-state index contributed by atoms with van der Waals surface area (Å²) in [6, 6.07) is 3.78. The van der Waals surface area contributed by atoms with Gasteiger partial charge < -0.3 is 5.73 Å². The minimum atomic E-state index is -3.76. The lowest BCUT2D eigenvalue weighted by Gasteiger charge is -2.05. The van der Waals surface area contributed by atoms with Crippen molar-refractivity contribution < 1.29 is 13.3 Å². The molecule has 1 rings (SSSR count). The molecule has 0 fully saturated rings. The van der Waals surface area contributed by atoms with Crippen LogP contribution in [0.1, 0.15) is 5.56 Å². The SMILES string of the molecule is Cc1ccc(S(=O)(=O)NC/C=C/CN)cc1[N+](=O)[O-]. The van der Waals surface area contributed by atoms with Gasteiger partial charge in [-0.05, 0) is 13.0 Å². The van der Waals surface area contributed by atoms with Gasteiger partial charge in [0.15, 0.2) is 0 Å². The molecule has 0 amide bonds. The predicted molar refractivity (Wildman–Crippen MR) is 71.2 cm³/mol. The molecule has 0 aromatic heterocycles. The molecule has 0 spiro atoms. The zero-order valence-electron chi connectivity index (χ0n) is 10.4. The maximum absolute atomic E-state index is 11.9. The van der Waals surface area contributed by atoms with Gasteiger partial charge in [0.2, 0.25) is 10.0 Å². The highest BCUT2D eigenvalue weighted by molar-refractivity contribution is 7.89. The summed E-state index contributed by atoms with van der Waals surface area (Å²) in [5.41, 5.74) is 5.41. The molecule has 0 bridgehead atoms. The Morgan fingerprint density at radius 1 is 1.42 bits per heavy atom. The van der Waals surface area contributed by atoms with Crippen molar-refractivity contribution in [2.45, 2.75) is 11.8 Å². The molecule has 0 saturated carbocycles. The Kier molecular flexibility index (Phi) is 5.16. The lowest BCUT2D eigenvalue weighted by atomic mass is 10.2. The number of nitro benzene ring substituents is 1. The van der Waals surface area contributed by atoms with Crippen LogP contribution in [-0.2, 0) is 10.0 Å². The number of rotatable bonds is 6. The maximum atomic E-state index is 11.9. The highest BCUT2D eigenvalue weighted by Crippen LogP contribution is 2.21. The first-order valence-corrected chi connectivity index (χ1v) is 6.96. The highest BCUT2D eigenvalue weighted by Gasteiger charge is 2.18. The van der Waals surface area contributed by atoms with Gasteiger partial charge in [-0.25, -0.2) is 13.1 Å². The van der Waals surface area contributed by atoms with E-state index in [0.29, 0.717) is 12.1 Å². The van der Waals surface area contributed by atoms with Crippen LogP contribution in [-0.4, -0.2) is 26.4 Å². The van der Waals surface area contributed by atoms with E-state index in [0.717, 1.165) is 6.07 Å². The zero-order chi connectivity index (χ0) is 14.5. The third-order valence-corrected chi connectivity index (χ3v) is 3.80. The molecule has 3 N–H and O–H groups in total. The van der Waals surface area contributed by atoms with Crippen LogP contribution in [0.15, 0.2) is 35.2 Å². The molecule has 19 heavy (non-hydrogen) atoms. The van der Waals surface area contributed by atoms with Gasteiger partial charge in [-0.3, -0.25) is 10.1 Å². The van der Waals surface area contributed by atoms with Crippen LogP contribution in [0.5, 0.6) is 0 Å². The summed E-state index contributed by atoms with van der Waals surface area (Å²) in [5.74, 6) is 0. The highest BCUT2D eigenvalue weighted by atomic mass is 32.2. The van der Waals surface area contributed by atoms with Crippen LogP contribution in [0.2, 0.25) is 0 Å². The Morgan fingerprint density at radius 3 is 2.68 bits per heavy atom. The summed E-state index contributed by atoms with van der Waals surface area (Å²) in [6.45, 7) is 1.95. The van der Waals surface area contributed by atoms with Crippen molar-refractivity contribution in [1.82, 2.24) is 4.72 Å². The van der Waals surface area contributed by atoms with Gasteiger partial charge in [0.05, 0.1) is 9.82 Å². The molecule has 0 unspecified atom stereocenters. The normalized spacial score (nSPS) is 11.9. The molecule has 0 saturated heterocycles. The van der Waals surface area contributed by atoms with Crippen LogP contribution >= 0.6 is 0 Å². The zero-order valence-corrected chi connectivity index (χ0v) is 11.2. The fourth-order valence-corrected chi connectivity index (χ4v) is 2.37. The van der Waals surface area contributed by atoms with Gasteiger partial charge in [0.25, 0.3) is 5.69 Å². The number of benzene rings is 1. The van der Waals surface area contributed by atoms with Crippen molar-refractivity contribution in [2.24, 2.45) is 5.73 Å². The number of aryl methyl sites for hydroxylation is 1. The van der Waals surface area contributed by atoms with Crippen molar-refractivity contribution in [3.8, 4) is 0 Å². The van der Waals surface area contributed by atoms with E-state index < -0.39 is 14.9 Å². The van der Waals surface area contributed by atoms with Crippen molar-refractivity contribution in [1.29, 1.82) is 0 Å². The number of nitro groups is 1. The van der Waals surface area contributed by atoms with Crippen molar-refractivity contribution in [3.63, 3.8) is 0 Å². The number of hydrogen-bond acceptors (Lipinski definition) is 5. The summed E-state index contributed by atoms with van der Waals surface area (Å²) in [4.78, 5) is 10.0. The number of sulfonamides is 1. The van der Waals surface area contributed by atoms with Crippen molar-refractivity contribution >= 4 is 15.7 Å². The summed E-state index contributed by atoms with van der Waals surface area (Å²) < 4.78 is 26.1. The Hall–Kier alpha value is -1.77. The topological polar surface area (TPSA) is 115 Å². The molecule has 0 radical (unpaired) electrons. The summed E-state index contributed by atoms with van der Waals surface area (Å²) in [6.07, 6.45) is 3.18. The van der Waals surface area contributed by atoms with E-state index in [2.05, 4.69) is 4.72 Å². The fraction of sp³-hybridized carbons (Fsp3) is 0.273. The third kappa shape index (κ3) is 4.12. The monoisotopic (exact) mass is 285 g/mol. The van der Waals surface area contributed by atoms with Crippen LogP contribution in [0, 0.1) is 17.0 Å². The van der Waals surface area contributed by atoms with E-state index in [-0.39, 0.29) is 17.1 Å². The van der Waals surface area contributed by atoms with E-state index in [1.165, 1.54) is 12.1 Å².